The zero-order chi connectivity index (χ0) is 15.7. The molecule has 4 N–H and O–H groups in total. The summed E-state index contributed by atoms with van der Waals surface area (Å²) >= 11 is 0. The van der Waals surface area contributed by atoms with Crippen LogP contribution in [0.15, 0.2) is 18.2 Å². The van der Waals surface area contributed by atoms with Crippen LogP contribution < -0.4 is 16.4 Å². The summed E-state index contributed by atoms with van der Waals surface area (Å²) in [6.45, 7) is 4.09. The standard InChI is InChI=1S/C16H25N3O2/c1-12-8-9-14(11-15(12)18-13(2)20)19-16(21)7-5-3-4-6-10-17/h8-9,11H,3-7,10,17H2,1-2H3,(H,18,20)(H,19,21). The van der Waals surface area contributed by atoms with Gasteiger partial charge in [0.05, 0.1) is 0 Å². The van der Waals surface area contributed by atoms with E-state index in [0.29, 0.717) is 18.7 Å². The fraction of sp³-hybridized carbons (Fsp3) is 0.500. The quantitative estimate of drug-likeness (QED) is 0.644. The maximum absolute atomic E-state index is 11.8. The molecule has 0 radical (unpaired) electrons. The van der Waals surface area contributed by atoms with Gasteiger partial charge in [-0.2, -0.15) is 0 Å². The second-order valence-corrected chi connectivity index (χ2v) is 5.21. The minimum absolute atomic E-state index is 0.000349. The third-order valence-corrected chi connectivity index (χ3v) is 3.19. The van der Waals surface area contributed by atoms with Crippen molar-refractivity contribution >= 4 is 23.2 Å². The number of rotatable bonds is 8. The van der Waals surface area contributed by atoms with Crippen LogP contribution in [0.4, 0.5) is 11.4 Å². The van der Waals surface area contributed by atoms with E-state index >= 15 is 0 Å². The minimum atomic E-state index is -0.124. The summed E-state index contributed by atoms with van der Waals surface area (Å²) in [6.07, 6.45) is 4.49. The summed E-state index contributed by atoms with van der Waals surface area (Å²) in [5.74, 6) is -0.123. The van der Waals surface area contributed by atoms with E-state index in [2.05, 4.69) is 10.6 Å². The van der Waals surface area contributed by atoms with Crippen LogP contribution in [0.25, 0.3) is 0 Å². The molecule has 5 heteroatoms. The number of nitrogens with two attached hydrogens (primary N) is 1. The number of anilines is 2. The summed E-state index contributed by atoms with van der Waals surface area (Å²) < 4.78 is 0. The Kier molecular flexibility index (Phi) is 7.46. The van der Waals surface area contributed by atoms with Crippen molar-refractivity contribution in [3.8, 4) is 0 Å². The van der Waals surface area contributed by atoms with E-state index in [-0.39, 0.29) is 11.8 Å². The Bertz CT molecular complexity index is 486. The third-order valence-electron chi connectivity index (χ3n) is 3.19. The largest absolute Gasteiger partial charge is 0.330 e. The van der Waals surface area contributed by atoms with Crippen LogP contribution in [0.5, 0.6) is 0 Å². The molecular formula is C16H25N3O2. The van der Waals surface area contributed by atoms with Crippen LogP contribution in [0, 0.1) is 6.92 Å². The maximum Gasteiger partial charge on any atom is 0.224 e. The normalized spacial score (nSPS) is 10.2. The molecule has 0 atom stereocenters. The van der Waals surface area contributed by atoms with Gasteiger partial charge in [-0.3, -0.25) is 9.59 Å². The van der Waals surface area contributed by atoms with Crippen LogP contribution in [0.1, 0.15) is 44.6 Å². The summed E-state index contributed by atoms with van der Waals surface area (Å²) in [6, 6.07) is 5.50. The monoisotopic (exact) mass is 291 g/mol. The molecule has 0 aliphatic carbocycles. The molecule has 21 heavy (non-hydrogen) atoms. The highest BCUT2D eigenvalue weighted by Gasteiger charge is 2.05. The first-order valence-corrected chi connectivity index (χ1v) is 7.41. The zero-order valence-electron chi connectivity index (χ0n) is 12.9. The van der Waals surface area contributed by atoms with Gasteiger partial charge in [0, 0.05) is 24.7 Å². The highest BCUT2D eigenvalue weighted by atomic mass is 16.2. The van der Waals surface area contributed by atoms with Gasteiger partial charge < -0.3 is 16.4 Å². The molecule has 116 valence electrons. The first-order chi connectivity index (χ1) is 10.0. The molecule has 0 bridgehead atoms. The van der Waals surface area contributed by atoms with Crippen molar-refractivity contribution in [1.29, 1.82) is 0 Å². The van der Waals surface area contributed by atoms with Gasteiger partial charge in [0.2, 0.25) is 11.8 Å². The number of hydrogen-bond acceptors (Lipinski definition) is 3. The highest BCUT2D eigenvalue weighted by molar-refractivity contribution is 5.93. The summed E-state index contributed by atoms with van der Waals surface area (Å²) in [4.78, 5) is 23.0. The lowest BCUT2D eigenvalue weighted by Crippen LogP contribution is -2.12. The Morgan fingerprint density at radius 2 is 1.81 bits per heavy atom. The van der Waals surface area contributed by atoms with Crippen molar-refractivity contribution in [1.82, 2.24) is 0 Å². The van der Waals surface area contributed by atoms with Crippen molar-refractivity contribution in [3.05, 3.63) is 23.8 Å². The van der Waals surface area contributed by atoms with Crippen molar-refractivity contribution in [2.45, 2.75) is 46.0 Å². The Morgan fingerprint density at radius 1 is 1.10 bits per heavy atom. The third kappa shape index (κ3) is 6.90. The lowest BCUT2D eigenvalue weighted by Gasteiger charge is -2.10. The lowest BCUT2D eigenvalue weighted by molar-refractivity contribution is -0.116. The molecule has 0 saturated heterocycles. The Morgan fingerprint density at radius 3 is 2.48 bits per heavy atom. The SMILES string of the molecule is CC(=O)Nc1cc(NC(=O)CCCCCCN)ccc1C. The molecule has 1 aromatic carbocycles. The average molecular weight is 291 g/mol. The van der Waals surface area contributed by atoms with Gasteiger partial charge in [-0.05, 0) is 44.0 Å². The van der Waals surface area contributed by atoms with Gasteiger partial charge in [-0.1, -0.05) is 18.9 Å². The molecule has 1 rings (SSSR count). The second kappa shape index (κ2) is 9.13. The predicted molar refractivity (Wildman–Crippen MR) is 86.3 cm³/mol. The molecule has 0 saturated carbocycles. The second-order valence-electron chi connectivity index (χ2n) is 5.21. The zero-order valence-corrected chi connectivity index (χ0v) is 12.9. The fourth-order valence-corrected chi connectivity index (χ4v) is 2.03. The van der Waals surface area contributed by atoms with Crippen LogP contribution in [-0.4, -0.2) is 18.4 Å². The molecule has 2 amide bonds. The molecule has 1 aromatic rings. The molecule has 0 aliphatic heterocycles. The summed E-state index contributed by atoms with van der Waals surface area (Å²) in [5.41, 5.74) is 7.82. The first kappa shape index (κ1) is 17.2. The number of benzene rings is 1. The summed E-state index contributed by atoms with van der Waals surface area (Å²) in [5, 5.41) is 5.61. The van der Waals surface area contributed by atoms with Gasteiger partial charge in [0.25, 0.3) is 0 Å². The molecular weight excluding hydrogens is 266 g/mol. The summed E-state index contributed by atoms with van der Waals surface area (Å²) in [7, 11) is 0. The number of aryl methyl sites for hydroxylation is 1. The van der Waals surface area contributed by atoms with Gasteiger partial charge in [0.1, 0.15) is 0 Å². The van der Waals surface area contributed by atoms with E-state index in [0.717, 1.165) is 36.9 Å². The highest BCUT2D eigenvalue weighted by Crippen LogP contribution is 2.20. The van der Waals surface area contributed by atoms with E-state index in [1.807, 2.05) is 19.1 Å². The first-order valence-electron chi connectivity index (χ1n) is 7.41. The van der Waals surface area contributed by atoms with Crippen LogP contribution in [0.3, 0.4) is 0 Å². The molecule has 0 heterocycles. The number of carbonyl (C=O) groups excluding carboxylic acids is 2. The Hall–Kier alpha value is -1.88. The number of hydrogen-bond donors (Lipinski definition) is 3. The van der Waals surface area contributed by atoms with Gasteiger partial charge in [0.15, 0.2) is 0 Å². The number of carbonyl (C=O) groups is 2. The number of nitrogens with one attached hydrogen (secondary N) is 2. The topological polar surface area (TPSA) is 84.2 Å². The molecule has 5 nitrogen and oxygen atoms in total. The van der Waals surface area contributed by atoms with Gasteiger partial charge in [-0.25, -0.2) is 0 Å². The van der Waals surface area contributed by atoms with Crippen molar-refractivity contribution < 1.29 is 9.59 Å². The van der Waals surface area contributed by atoms with Crippen molar-refractivity contribution in [2.24, 2.45) is 5.73 Å². The van der Waals surface area contributed by atoms with Gasteiger partial charge >= 0.3 is 0 Å². The van der Waals surface area contributed by atoms with Crippen molar-refractivity contribution in [3.63, 3.8) is 0 Å². The molecule has 0 spiro atoms. The van der Waals surface area contributed by atoms with E-state index < -0.39 is 0 Å². The Labute approximate surface area is 126 Å². The molecule has 0 aliphatic rings. The average Bonchev–Trinajstić information content (AvgIpc) is 2.42. The van der Waals surface area contributed by atoms with Crippen LogP contribution in [0.2, 0.25) is 0 Å². The molecule has 0 unspecified atom stereocenters. The van der Waals surface area contributed by atoms with Crippen LogP contribution in [-0.2, 0) is 9.59 Å². The van der Waals surface area contributed by atoms with E-state index in [9.17, 15) is 9.59 Å². The minimum Gasteiger partial charge on any atom is -0.330 e. The van der Waals surface area contributed by atoms with E-state index in [4.69, 9.17) is 5.73 Å². The Balaban J connectivity index is 2.46. The number of unbranched alkanes of at least 4 members (excludes halogenated alkanes) is 3. The smallest absolute Gasteiger partial charge is 0.224 e. The molecule has 0 fully saturated rings. The van der Waals surface area contributed by atoms with E-state index in [1.165, 1.54) is 6.92 Å². The van der Waals surface area contributed by atoms with Crippen molar-refractivity contribution in [2.75, 3.05) is 17.2 Å². The molecule has 0 aromatic heterocycles. The van der Waals surface area contributed by atoms with Gasteiger partial charge in [-0.15, -0.1) is 0 Å². The maximum atomic E-state index is 11.8. The predicted octanol–water partition coefficient (Wildman–Crippen LogP) is 2.80. The van der Waals surface area contributed by atoms with Crippen LogP contribution >= 0.6 is 0 Å². The van der Waals surface area contributed by atoms with E-state index in [1.54, 1.807) is 6.07 Å². The lowest BCUT2D eigenvalue weighted by atomic mass is 10.1. The number of amides is 2. The fourth-order valence-electron chi connectivity index (χ4n) is 2.03.